The zero-order chi connectivity index (χ0) is 13.4. The van der Waals surface area contributed by atoms with E-state index in [0.29, 0.717) is 6.04 Å². The van der Waals surface area contributed by atoms with Crippen molar-refractivity contribution in [3.63, 3.8) is 0 Å². The third-order valence-corrected chi connectivity index (χ3v) is 5.00. The summed E-state index contributed by atoms with van der Waals surface area (Å²) < 4.78 is 0. The Balaban J connectivity index is 1.56. The summed E-state index contributed by atoms with van der Waals surface area (Å²) in [6.07, 6.45) is 8.56. The van der Waals surface area contributed by atoms with E-state index in [2.05, 4.69) is 39.0 Å². The Bertz CT molecular complexity index is 585. The molecule has 20 heavy (non-hydrogen) atoms. The maximum Gasteiger partial charge on any atom is 0.0881 e. The van der Waals surface area contributed by atoms with Crippen LogP contribution in [0.4, 0.5) is 5.69 Å². The molecular formula is C16H22N4. The molecule has 4 heteroatoms. The van der Waals surface area contributed by atoms with Gasteiger partial charge >= 0.3 is 0 Å². The molecule has 3 N–H and O–H groups in total. The number of H-pyrrole nitrogens is 1. The van der Waals surface area contributed by atoms with Crippen molar-refractivity contribution in [2.75, 3.05) is 11.9 Å². The quantitative estimate of drug-likeness (QED) is 0.804. The van der Waals surface area contributed by atoms with Crippen LogP contribution in [0, 0.1) is 5.92 Å². The van der Waals surface area contributed by atoms with Gasteiger partial charge in [-0.1, -0.05) is 18.6 Å². The molecule has 4 rings (SSSR count). The Kier molecular flexibility index (Phi) is 3.11. The summed E-state index contributed by atoms with van der Waals surface area (Å²) in [6, 6.07) is 7.69. The first-order valence-corrected chi connectivity index (χ1v) is 7.84. The van der Waals surface area contributed by atoms with Gasteiger partial charge in [0.25, 0.3) is 0 Å². The second-order valence-corrected chi connectivity index (χ2v) is 6.19. The van der Waals surface area contributed by atoms with Crippen molar-refractivity contribution in [1.82, 2.24) is 15.5 Å². The number of para-hydroxylation sites is 1. The molecule has 1 saturated heterocycles. The molecule has 2 aliphatic rings. The van der Waals surface area contributed by atoms with E-state index < -0.39 is 0 Å². The smallest absolute Gasteiger partial charge is 0.0881 e. The van der Waals surface area contributed by atoms with Crippen LogP contribution >= 0.6 is 0 Å². The third-order valence-electron chi connectivity index (χ3n) is 5.00. The third kappa shape index (κ3) is 2.08. The molecule has 1 aromatic carbocycles. The van der Waals surface area contributed by atoms with Gasteiger partial charge in [-0.05, 0) is 44.2 Å². The second kappa shape index (κ2) is 5.09. The molecule has 3 unspecified atom stereocenters. The molecule has 1 aromatic heterocycles. The van der Waals surface area contributed by atoms with E-state index in [-0.39, 0.29) is 0 Å². The molecule has 4 nitrogen and oxygen atoms in total. The Morgan fingerprint density at radius 1 is 1.15 bits per heavy atom. The fourth-order valence-corrected chi connectivity index (χ4v) is 4.02. The van der Waals surface area contributed by atoms with Crippen LogP contribution < -0.4 is 10.6 Å². The topological polar surface area (TPSA) is 52.7 Å². The number of benzene rings is 1. The number of aromatic amines is 1. The summed E-state index contributed by atoms with van der Waals surface area (Å²) in [4.78, 5) is 0. The molecule has 106 valence electrons. The van der Waals surface area contributed by atoms with Crippen LogP contribution in [-0.2, 0) is 0 Å². The monoisotopic (exact) mass is 270 g/mol. The summed E-state index contributed by atoms with van der Waals surface area (Å²) in [7, 11) is 0. The lowest BCUT2D eigenvalue weighted by Gasteiger charge is -2.27. The van der Waals surface area contributed by atoms with E-state index in [4.69, 9.17) is 0 Å². The van der Waals surface area contributed by atoms with Gasteiger partial charge in [-0.25, -0.2) is 0 Å². The molecule has 1 aliphatic heterocycles. The number of rotatable bonds is 3. The van der Waals surface area contributed by atoms with E-state index in [1.807, 2.05) is 6.20 Å². The van der Waals surface area contributed by atoms with E-state index in [1.54, 1.807) is 0 Å². The number of nitrogens with one attached hydrogen (secondary N) is 3. The highest BCUT2D eigenvalue weighted by Crippen LogP contribution is 2.35. The lowest BCUT2D eigenvalue weighted by Crippen LogP contribution is -2.38. The number of anilines is 1. The van der Waals surface area contributed by atoms with Gasteiger partial charge in [-0.2, -0.15) is 5.10 Å². The molecule has 1 aliphatic carbocycles. The van der Waals surface area contributed by atoms with Crippen LogP contribution in [0.25, 0.3) is 10.9 Å². The minimum atomic E-state index is 0.597. The average molecular weight is 270 g/mol. The molecule has 1 saturated carbocycles. The number of hydrogen-bond acceptors (Lipinski definition) is 3. The van der Waals surface area contributed by atoms with E-state index in [0.717, 1.165) is 17.5 Å². The van der Waals surface area contributed by atoms with Crippen LogP contribution in [0.3, 0.4) is 0 Å². The Morgan fingerprint density at radius 3 is 3.05 bits per heavy atom. The van der Waals surface area contributed by atoms with Gasteiger partial charge < -0.3 is 10.6 Å². The Morgan fingerprint density at radius 2 is 2.15 bits per heavy atom. The van der Waals surface area contributed by atoms with E-state index in [9.17, 15) is 0 Å². The van der Waals surface area contributed by atoms with Gasteiger partial charge in [-0.3, -0.25) is 5.10 Å². The van der Waals surface area contributed by atoms with Gasteiger partial charge in [0.2, 0.25) is 0 Å². The zero-order valence-electron chi connectivity index (χ0n) is 11.7. The van der Waals surface area contributed by atoms with Crippen molar-refractivity contribution in [3.8, 4) is 0 Å². The first-order chi connectivity index (χ1) is 9.92. The van der Waals surface area contributed by atoms with Crippen LogP contribution in [0.2, 0.25) is 0 Å². The van der Waals surface area contributed by atoms with E-state index >= 15 is 0 Å². The maximum atomic E-state index is 4.16. The number of hydrogen-bond donors (Lipinski definition) is 3. The fourth-order valence-electron chi connectivity index (χ4n) is 4.02. The largest absolute Gasteiger partial charge is 0.380 e. The molecule has 0 radical (unpaired) electrons. The highest BCUT2D eigenvalue weighted by atomic mass is 15.1. The van der Waals surface area contributed by atoms with Crippen molar-refractivity contribution in [3.05, 3.63) is 24.4 Å². The standard InChI is InChI=1S/C16H22N4/c1-4-11-10-18-20-16(11)15(7-1)19-14-6-2-5-12(14)13-8-3-9-17-13/h1,4,7,10,12-14,17,19H,2-3,5-6,8-9H2,(H,18,20). The summed E-state index contributed by atoms with van der Waals surface area (Å²) >= 11 is 0. The number of fused-ring (bicyclic) bond motifs is 1. The second-order valence-electron chi connectivity index (χ2n) is 6.19. The lowest BCUT2D eigenvalue weighted by atomic mass is 9.93. The lowest BCUT2D eigenvalue weighted by molar-refractivity contribution is 0.376. The van der Waals surface area contributed by atoms with Crippen molar-refractivity contribution >= 4 is 16.6 Å². The summed E-state index contributed by atoms with van der Waals surface area (Å²) in [5.74, 6) is 0.774. The first kappa shape index (κ1) is 12.2. The Labute approximate surface area is 119 Å². The predicted molar refractivity (Wildman–Crippen MR) is 81.9 cm³/mol. The number of aromatic nitrogens is 2. The van der Waals surface area contributed by atoms with Crippen molar-refractivity contribution in [2.24, 2.45) is 5.92 Å². The number of nitrogens with zero attached hydrogens (tertiary/aromatic N) is 1. The van der Waals surface area contributed by atoms with Crippen molar-refractivity contribution in [2.45, 2.75) is 44.2 Å². The zero-order valence-corrected chi connectivity index (χ0v) is 11.7. The molecule has 2 aromatic rings. The molecule has 0 amide bonds. The van der Waals surface area contributed by atoms with E-state index in [1.165, 1.54) is 49.7 Å². The normalized spacial score (nSPS) is 30.1. The molecular weight excluding hydrogens is 248 g/mol. The first-order valence-electron chi connectivity index (χ1n) is 7.84. The summed E-state index contributed by atoms with van der Waals surface area (Å²) in [6.45, 7) is 1.20. The van der Waals surface area contributed by atoms with Gasteiger partial charge in [0.1, 0.15) is 0 Å². The highest BCUT2D eigenvalue weighted by Gasteiger charge is 2.35. The highest BCUT2D eigenvalue weighted by molar-refractivity contribution is 5.90. The summed E-state index contributed by atoms with van der Waals surface area (Å²) in [5.41, 5.74) is 2.34. The molecule has 2 fully saturated rings. The van der Waals surface area contributed by atoms with Gasteiger partial charge in [0, 0.05) is 17.5 Å². The molecule has 2 heterocycles. The van der Waals surface area contributed by atoms with Crippen LogP contribution in [0.5, 0.6) is 0 Å². The average Bonchev–Trinajstić information content (AvgIpc) is 3.20. The van der Waals surface area contributed by atoms with Crippen LogP contribution in [0.15, 0.2) is 24.4 Å². The Hall–Kier alpha value is -1.55. The van der Waals surface area contributed by atoms with Crippen LogP contribution in [0.1, 0.15) is 32.1 Å². The molecule has 0 spiro atoms. The minimum absolute atomic E-state index is 0.597. The molecule has 3 atom stereocenters. The van der Waals surface area contributed by atoms with Gasteiger partial charge in [0.15, 0.2) is 0 Å². The van der Waals surface area contributed by atoms with Gasteiger partial charge in [0.05, 0.1) is 17.4 Å². The van der Waals surface area contributed by atoms with Crippen molar-refractivity contribution < 1.29 is 0 Å². The van der Waals surface area contributed by atoms with Crippen molar-refractivity contribution in [1.29, 1.82) is 0 Å². The summed E-state index contributed by atoms with van der Waals surface area (Å²) in [5, 5.41) is 15.9. The maximum absolute atomic E-state index is 4.16. The van der Waals surface area contributed by atoms with Crippen LogP contribution in [-0.4, -0.2) is 28.8 Å². The fraction of sp³-hybridized carbons (Fsp3) is 0.562. The van der Waals surface area contributed by atoms with Gasteiger partial charge in [-0.15, -0.1) is 0 Å². The SMILES string of the molecule is c1cc(NC2CCCC2C2CCCN2)c2[nH]ncc2c1. The minimum Gasteiger partial charge on any atom is -0.380 e. The molecule has 0 bridgehead atoms. The predicted octanol–water partition coefficient (Wildman–Crippen LogP) is 2.90.